The number of hydrogen-bond acceptors (Lipinski definition) is 5. The van der Waals surface area contributed by atoms with Crippen LogP contribution in [-0.2, 0) is 6.54 Å². The summed E-state index contributed by atoms with van der Waals surface area (Å²) in [6.45, 7) is 2.77. The van der Waals surface area contributed by atoms with E-state index in [1.54, 1.807) is 6.20 Å². The van der Waals surface area contributed by atoms with Gasteiger partial charge in [0.25, 0.3) is 0 Å². The highest BCUT2D eigenvalue weighted by atomic mass is 35.5. The summed E-state index contributed by atoms with van der Waals surface area (Å²) in [6.07, 6.45) is 1.79. The molecule has 0 aliphatic rings. The number of aryl methyl sites for hydroxylation is 1. The Balaban J connectivity index is 1.57. The van der Waals surface area contributed by atoms with Crippen molar-refractivity contribution in [1.29, 1.82) is 0 Å². The van der Waals surface area contributed by atoms with Gasteiger partial charge >= 0.3 is 0 Å². The number of hydrogen-bond donors (Lipinski definition) is 1. The van der Waals surface area contributed by atoms with Gasteiger partial charge in [0, 0.05) is 22.3 Å². The summed E-state index contributed by atoms with van der Waals surface area (Å²) in [6, 6.07) is 13.9. The van der Waals surface area contributed by atoms with Crippen molar-refractivity contribution in [2.45, 2.75) is 13.5 Å². The van der Waals surface area contributed by atoms with Crippen molar-refractivity contribution in [3.05, 3.63) is 63.6 Å². The minimum Gasteiger partial charge on any atom is -0.436 e. The lowest BCUT2D eigenvalue weighted by molar-refractivity contribution is 0.620. The molecule has 1 N–H and O–H groups in total. The molecule has 0 aliphatic carbocycles. The highest BCUT2D eigenvalue weighted by molar-refractivity contribution is 7.15. The van der Waals surface area contributed by atoms with Gasteiger partial charge in [-0.15, -0.1) is 11.3 Å². The summed E-state index contributed by atoms with van der Waals surface area (Å²) in [5.74, 6) is 0.639. The maximum Gasteiger partial charge on any atom is 0.227 e. The minimum atomic E-state index is 0.565. The number of para-hydroxylation sites is 2. The predicted octanol–water partition coefficient (Wildman–Crippen LogP) is 5.53. The molecule has 0 unspecified atom stereocenters. The van der Waals surface area contributed by atoms with Crippen LogP contribution in [0.15, 0.2) is 53.1 Å². The first-order valence-corrected chi connectivity index (χ1v) is 8.69. The first kappa shape index (κ1) is 15.2. The van der Waals surface area contributed by atoms with Crippen molar-refractivity contribution in [3.8, 4) is 11.5 Å². The molecular weight excluding hydrogens is 342 g/mol. The molecule has 0 bridgehead atoms. The summed E-state index contributed by atoms with van der Waals surface area (Å²) >= 11 is 7.34. The van der Waals surface area contributed by atoms with E-state index < -0.39 is 0 Å². The largest absolute Gasteiger partial charge is 0.436 e. The highest BCUT2D eigenvalue weighted by Gasteiger charge is 2.09. The number of nitrogens with one attached hydrogen (secondary N) is 1. The van der Waals surface area contributed by atoms with Gasteiger partial charge in [0.1, 0.15) is 5.52 Å². The van der Waals surface area contributed by atoms with Crippen LogP contribution in [0.25, 0.3) is 22.6 Å². The Labute approximate surface area is 148 Å². The summed E-state index contributed by atoms with van der Waals surface area (Å²) in [7, 11) is 0. The average molecular weight is 356 g/mol. The maximum atomic E-state index is 5.86. The van der Waals surface area contributed by atoms with E-state index in [-0.39, 0.29) is 0 Å². The Bertz CT molecular complexity index is 975. The fourth-order valence-corrected chi connectivity index (χ4v) is 3.46. The van der Waals surface area contributed by atoms with Crippen LogP contribution in [0.4, 0.5) is 5.69 Å². The van der Waals surface area contributed by atoms with Crippen molar-refractivity contribution in [1.82, 2.24) is 9.97 Å². The van der Waals surface area contributed by atoms with Gasteiger partial charge in [0.2, 0.25) is 5.89 Å². The van der Waals surface area contributed by atoms with Crippen molar-refractivity contribution < 1.29 is 4.42 Å². The number of rotatable bonds is 4. The van der Waals surface area contributed by atoms with E-state index in [1.807, 2.05) is 36.4 Å². The van der Waals surface area contributed by atoms with Gasteiger partial charge in [-0.05, 0) is 42.8 Å². The van der Waals surface area contributed by atoms with Gasteiger partial charge < -0.3 is 9.73 Å². The first-order valence-electron chi connectivity index (χ1n) is 7.50. The van der Waals surface area contributed by atoms with E-state index in [0.29, 0.717) is 16.9 Å². The van der Waals surface area contributed by atoms with E-state index in [9.17, 15) is 0 Å². The molecule has 0 amide bonds. The summed E-state index contributed by atoms with van der Waals surface area (Å²) in [4.78, 5) is 9.69. The van der Waals surface area contributed by atoms with Gasteiger partial charge in [0.15, 0.2) is 10.0 Å². The van der Waals surface area contributed by atoms with E-state index in [1.165, 1.54) is 11.3 Å². The van der Waals surface area contributed by atoms with Crippen molar-refractivity contribution in [3.63, 3.8) is 0 Å². The fraction of sp³-hybridized carbons (Fsp3) is 0.111. The standard InChI is InChI=1S/C18H14ClN3OS/c1-11-8-12(17-22-15-4-2-3-5-16(15)23-17)6-7-14(11)20-9-13-10-21-18(19)24-13/h2-8,10,20H,9H2,1H3. The van der Waals surface area contributed by atoms with Crippen LogP contribution >= 0.6 is 22.9 Å². The molecule has 0 aliphatic heterocycles. The van der Waals surface area contributed by atoms with E-state index in [0.717, 1.165) is 32.8 Å². The number of aromatic nitrogens is 2. The van der Waals surface area contributed by atoms with Crippen molar-refractivity contribution >= 4 is 39.7 Å². The Morgan fingerprint density at radius 2 is 2.08 bits per heavy atom. The van der Waals surface area contributed by atoms with Gasteiger partial charge in [-0.3, -0.25) is 0 Å². The topological polar surface area (TPSA) is 51.0 Å². The van der Waals surface area contributed by atoms with E-state index >= 15 is 0 Å². The lowest BCUT2D eigenvalue weighted by Crippen LogP contribution is -1.99. The first-order chi connectivity index (χ1) is 11.7. The van der Waals surface area contributed by atoms with E-state index in [4.69, 9.17) is 16.0 Å². The Kier molecular flexibility index (Phi) is 3.96. The molecule has 4 aromatic rings. The number of fused-ring (bicyclic) bond motifs is 1. The second kappa shape index (κ2) is 6.26. The smallest absolute Gasteiger partial charge is 0.227 e. The number of benzene rings is 2. The zero-order chi connectivity index (χ0) is 16.5. The third kappa shape index (κ3) is 3.00. The average Bonchev–Trinajstić information content (AvgIpc) is 3.19. The van der Waals surface area contributed by atoms with E-state index in [2.05, 4.69) is 28.3 Å². The van der Waals surface area contributed by atoms with Crippen LogP contribution in [0.1, 0.15) is 10.4 Å². The van der Waals surface area contributed by atoms with Gasteiger partial charge in [-0.25, -0.2) is 9.97 Å². The second-order valence-corrected chi connectivity index (χ2v) is 7.15. The molecule has 0 saturated heterocycles. The molecule has 2 aromatic carbocycles. The molecule has 4 rings (SSSR count). The number of halogens is 1. The molecule has 0 radical (unpaired) electrons. The van der Waals surface area contributed by atoms with Crippen molar-refractivity contribution in [2.75, 3.05) is 5.32 Å². The van der Waals surface area contributed by atoms with Crippen LogP contribution in [0.5, 0.6) is 0 Å². The van der Waals surface area contributed by atoms with Gasteiger partial charge in [-0.2, -0.15) is 0 Å². The lowest BCUT2D eigenvalue weighted by atomic mass is 10.1. The molecule has 2 heterocycles. The molecule has 0 atom stereocenters. The molecule has 24 heavy (non-hydrogen) atoms. The SMILES string of the molecule is Cc1cc(-c2nc3ccccc3o2)ccc1NCc1cnc(Cl)s1. The van der Waals surface area contributed by atoms with Gasteiger partial charge in [-0.1, -0.05) is 23.7 Å². The quantitative estimate of drug-likeness (QED) is 0.523. The third-order valence-electron chi connectivity index (χ3n) is 3.75. The third-order valence-corrected chi connectivity index (χ3v) is 4.86. The number of anilines is 1. The van der Waals surface area contributed by atoms with Crippen LogP contribution in [-0.4, -0.2) is 9.97 Å². The second-order valence-electron chi connectivity index (χ2n) is 5.45. The molecule has 0 fully saturated rings. The monoisotopic (exact) mass is 355 g/mol. The summed E-state index contributed by atoms with van der Waals surface area (Å²) < 4.78 is 6.39. The lowest BCUT2D eigenvalue weighted by Gasteiger charge is -2.09. The number of nitrogens with zero attached hydrogens (tertiary/aromatic N) is 2. The Hall–Kier alpha value is -2.37. The highest BCUT2D eigenvalue weighted by Crippen LogP contribution is 2.28. The fourth-order valence-electron chi connectivity index (χ4n) is 2.54. The van der Waals surface area contributed by atoms with Crippen LogP contribution in [0.3, 0.4) is 0 Å². The Morgan fingerprint density at radius 3 is 2.83 bits per heavy atom. The van der Waals surface area contributed by atoms with Gasteiger partial charge in [0.05, 0.1) is 6.54 Å². The normalized spacial score (nSPS) is 11.1. The van der Waals surface area contributed by atoms with Crippen LogP contribution < -0.4 is 5.32 Å². The van der Waals surface area contributed by atoms with Crippen LogP contribution in [0, 0.1) is 6.92 Å². The maximum absolute atomic E-state index is 5.86. The molecule has 6 heteroatoms. The molecule has 120 valence electrons. The number of oxazole rings is 1. The number of thiazole rings is 1. The summed E-state index contributed by atoms with van der Waals surface area (Å²) in [5.41, 5.74) is 4.84. The van der Waals surface area contributed by atoms with Crippen LogP contribution in [0.2, 0.25) is 4.47 Å². The predicted molar refractivity (Wildman–Crippen MR) is 98.6 cm³/mol. The Morgan fingerprint density at radius 1 is 1.21 bits per heavy atom. The minimum absolute atomic E-state index is 0.565. The molecular formula is C18H14ClN3OS. The molecule has 2 aromatic heterocycles. The summed E-state index contributed by atoms with van der Waals surface area (Å²) in [5, 5.41) is 3.41. The van der Waals surface area contributed by atoms with Crippen molar-refractivity contribution in [2.24, 2.45) is 0 Å². The molecule has 0 spiro atoms. The zero-order valence-electron chi connectivity index (χ0n) is 12.9. The zero-order valence-corrected chi connectivity index (χ0v) is 14.5. The molecule has 4 nitrogen and oxygen atoms in total. The molecule has 0 saturated carbocycles.